The monoisotopic (exact) mass is 288 g/mol. The smallest absolute Gasteiger partial charge is 0.304 e. The van der Waals surface area contributed by atoms with E-state index in [1.165, 1.54) is 20.3 Å². The molecule has 0 aliphatic rings. The van der Waals surface area contributed by atoms with Crippen LogP contribution in [-0.2, 0) is 10.2 Å². The van der Waals surface area contributed by atoms with Crippen LogP contribution < -0.4 is 9.47 Å². The molecule has 0 aliphatic heterocycles. The molecule has 1 aromatic carbocycles. The van der Waals surface area contributed by atoms with E-state index < -0.39 is 11.4 Å². The average molecular weight is 289 g/mol. The van der Waals surface area contributed by atoms with E-state index in [1.807, 2.05) is 0 Å². The van der Waals surface area contributed by atoms with E-state index in [4.69, 9.17) is 26.2 Å². The maximum atomic E-state index is 11.0. The van der Waals surface area contributed by atoms with Gasteiger partial charge in [-0.05, 0) is 0 Å². The van der Waals surface area contributed by atoms with Gasteiger partial charge in [-0.15, -0.1) is 0 Å². The minimum atomic E-state index is -0.967. The highest BCUT2D eigenvalue weighted by Gasteiger charge is 2.33. The zero-order valence-corrected chi connectivity index (χ0v) is 12.0. The Bertz CT molecular complexity index is 496. The molecule has 1 aromatic rings. The highest BCUT2D eigenvalue weighted by Crippen LogP contribution is 2.48. The van der Waals surface area contributed by atoms with Gasteiger partial charge in [0.2, 0.25) is 0 Å². The fourth-order valence-corrected chi connectivity index (χ4v) is 2.43. The zero-order valence-electron chi connectivity index (χ0n) is 11.3. The molecule has 0 bridgehead atoms. The van der Waals surface area contributed by atoms with Crippen molar-refractivity contribution < 1.29 is 24.5 Å². The summed E-state index contributed by atoms with van der Waals surface area (Å²) in [6.45, 7) is 3.42. The summed E-state index contributed by atoms with van der Waals surface area (Å²) in [5, 5.41) is 18.9. The first-order chi connectivity index (χ1) is 8.74. The fourth-order valence-electron chi connectivity index (χ4n) is 2.03. The molecule has 0 spiro atoms. The maximum Gasteiger partial charge on any atom is 0.304 e. The minimum absolute atomic E-state index is 0.0731. The van der Waals surface area contributed by atoms with Gasteiger partial charge in [-0.25, -0.2) is 0 Å². The van der Waals surface area contributed by atoms with Gasteiger partial charge in [0.1, 0.15) is 5.75 Å². The van der Waals surface area contributed by atoms with Crippen molar-refractivity contribution in [3.8, 4) is 17.2 Å². The van der Waals surface area contributed by atoms with Crippen LogP contribution in [0, 0.1) is 0 Å². The molecule has 0 aromatic heterocycles. The molecule has 0 aliphatic carbocycles. The largest absolute Gasteiger partial charge is 0.506 e. The lowest BCUT2D eigenvalue weighted by Gasteiger charge is -2.27. The number of carboxylic acid groups (broad SMARTS) is 1. The first-order valence-electron chi connectivity index (χ1n) is 5.60. The first kappa shape index (κ1) is 15.4. The third-order valence-corrected chi connectivity index (χ3v) is 3.24. The summed E-state index contributed by atoms with van der Waals surface area (Å²) >= 11 is 6.10. The Morgan fingerprint density at radius 2 is 1.95 bits per heavy atom. The summed E-state index contributed by atoms with van der Waals surface area (Å²) in [6.07, 6.45) is -0.157. The zero-order chi connectivity index (χ0) is 14.8. The average Bonchev–Trinajstić information content (AvgIpc) is 2.29. The summed E-state index contributed by atoms with van der Waals surface area (Å²) in [6, 6.07) is 1.33. The number of aliphatic carboxylic acids is 1. The van der Waals surface area contributed by atoms with Crippen molar-refractivity contribution in [3.05, 3.63) is 16.7 Å². The van der Waals surface area contributed by atoms with Gasteiger partial charge >= 0.3 is 5.97 Å². The normalized spacial score (nSPS) is 11.2. The number of halogens is 1. The molecular weight excluding hydrogens is 272 g/mol. The van der Waals surface area contributed by atoms with Crippen LogP contribution in [0.3, 0.4) is 0 Å². The van der Waals surface area contributed by atoms with Crippen LogP contribution in [0.25, 0.3) is 0 Å². The molecule has 0 amide bonds. The Kier molecular flexibility index (Phi) is 4.52. The molecule has 0 saturated carbocycles. The highest BCUT2D eigenvalue weighted by molar-refractivity contribution is 6.33. The topological polar surface area (TPSA) is 76.0 Å². The summed E-state index contributed by atoms with van der Waals surface area (Å²) in [7, 11) is 2.87. The number of hydrogen-bond acceptors (Lipinski definition) is 4. The van der Waals surface area contributed by atoms with Crippen molar-refractivity contribution in [2.45, 2.75) is 25.7 Å². The summed E-state index contributed by atoms with van der Waals surface area (Å²) in [5.41, 5.74) is -0.406. The quantitative estimate of drug-likeness (QED) is 0.871. The van der Waals surface area contributed by atoms with Crippen LogP contribution in [0.4, 0.5) is 0 Å². The number of phenolic OH excluding ortho intramolecular Hbond substituents is 1. The molecule has 0 radical (unpaired) electrons. The standard InChI is InChI=1S/C13H17ClO5/c1-13(2,6-9(16)17)10-11(14)7(15)5-8(18-3)12(10)19-4/h5,15H,6H2,1-4H3,(H,16,17). The van der Waals surface area contributed by atoms with E-state index in [9.17, 15) is 9.90 Å². The second kappa shape index (κ2) is 5.57. The Morgan fingerprint density at radius 3 is 2.37 bits per heavy atom. The van der Waals surface area contributed by atoms with Gasteiger partial charge < -0.3 is 19.7 Å². The summed E-state index contributed by atoms with van der Waals surface area (Å²) in [4.78, 5) is 11.0. The lowest BCUT2D eigenvalue weighted by atomic mass is 9.80. The number of methoxy groups -OCH3 is 2. The van der Waals surface area contributed by atoms with Crippen LogP contribution >= 0.6 is 11.6 Å². The summed E-state index contributed by atoms with van der Waals surface area (Å²) in [5.74, 6) is -0.507. The number of benzene rings is 1. The molecule has 19 heavy (non-hydrogen) atoms. The molecule has 0 unspecified atom stereocenters. The molecule has 0 fully saturated rings. The number of rotatable bonds is 5. The molecule has 2 N–H and O–H groups in total. The number of aromatic hydroxyl groups is 1. The third-order valence-electron chi connectivity index (χ3n) is 2.86. The summed E-state index contributed by atoms with van der Waals surface area (Å²) < 4.78 is 10.4. The van der Waals surface area contributed by atoms with Gasteiger partial charge in [0.25, 0.3) is 0 Å². The maximum absolute atomic E-state index is 11.0. The molecular formula is C13H17ClO5. The molecule has 5 nitrogen and oxygen atoms in total. The van der Waals surface area contributed by atoms with E-state index in [-0.39, 0.29) is 17.2 Å². The van der Waals surface area contributed by atoms with E-state index in [2.05, 4.69) is 0 Å². The van der Waals surface area contributed by atoms with Crippen LogP contribution in [0.2, 0.25) is 5.02 Å². The molecule has 0 heterocycles. The van der Waals surface area contributed by atoms with Gasteiger partial charge in [-0.3, -0.25) is 4.79 Å². The fraction of sp³-hybridized carbons (Fsp3) is 0.462. The van der Waals surface area contributed by atoms with Crippen molar-refractivity contribution in [1.82, 2.24) is 0 Å². The number of hydrogen-bond donors (Lipinski definition) is 2. The molecule has 106 valence electrons. The van der Waals surface area contributed by atoms with Crippen molar-refractivity contribution >= 4 is 17.6 Å². The van der Waals surface area contributed by atoms with Crippen molar-refractivity contribution in [2.75, 3.05) is 14.2 Å². The first-order valence-corrected chi connectivity index (χ1v) is 5.98. The predicted molar refractivity (Wildman–Crippen MR) is 71.5 cm³/mol. The van der Waals surface area contributed by atoms with Gasteiger partial charge in [-0.2, -0.15) is 0 Å². The molecule has 1 rings (SSSR count). The Hall–Kier alpha value is -1.62. The lowest BCUT2D eigenvalue weighted by molar-refractivity contribution is -0.138. The van der Waals surface area contributed by atoms with Crippen LogP contribution in [0.15, 0.2) is 6.07 Å². The minimum Gasteiger partial charge on any atom is -0.506 e. The third kappa shape index (κ3) is 3.04. The van der Waals surface area contributed by atoms with Gasteiger partial charge in [0.15, 0.2) is 11.5 Å². The van der Waals surface area contributed by atoms with Gasteiger partial charge in [0.05, 0.1) is 25.7 Å². The molecule has 0 atom stereocenters. The van der Waals surface area contributed by atoms with E-state index in [0.717, 1.165) is 0 Å². The number of ether oxygens (including phenoxy) is 2. The number of carbonyl (C=O) groups is 1. The van der Waals surface area contributed by atoms with Crippen molar-refractivity contribution in [2.24, 2.45) is 0 Å². The second-order valence-electron chi connectivity index (χ2n) is 4.77. The van der Waals surface area contributed by atoms with Gasteiger partial charge in [-0.1, -0.05) is 25.4 Å². The van der Waals surface area contributed by atoms with E-state index in [0.29, 0.717) is 17.1 Å². The van der Waals surface area contributed by atoms with Crippen LogP contribution in [0.1, 0.15) is 25.8 Å². The second-order valence-corrected chi connectivity index (χ2v) is 5.15. The number of carboxylic acids is 1. The Balaban J connectivity index is 3.55. The molecule has 6 heteroatoms. The van der Waals surface area contributed by atoms with Crippen molar-refractivity contribution in [3.63, 3.8) is 0 Å². The van der Waals surface area contributed by atoms with Crippen LogP contribution in [0.5, 0.6) is 17.2 Å². The Labute approximate surface area is 116 Å². The van der Waals surface area contributed by atoms with E-state index >= 15 is 0 Å². The molecule has 0 saturated heterocycles. The lowest BCUT2D eigenvalue weighted by Crippen LogP contribution is -2.23. The number of phenols is 1. The van der Waals surface area contributed by atoms with Gasteiger partial charge in [0, 0.05) is 17.0 Å². The predicted octanol–water partition coefficient (Wildman–Crippen LogP) is 2.82. The van der Waals surface area contributed by atoms with Crippen molar-refractivity contribution in [1.29, 1.82) is 0 Å². The highest BCUT2D eigenvalue weighted by atomic mass is 35.5. The van der Waals surface area contributed by atoms with E-state index in [1.54, 1.807) is 13.8 Å². The SMILES string of the molecule is COc1cc(O)c(Cl)c(C(C)(C)CC(=O)O)c1OC. The van der Waals surface area contributed by atoms with Crippen LogP contribution in [-0.4, -0.2) is 30.4 Å². The Morgan fingerprint density at radius 1 is 1.37 bits per heavy atom.